The molecule has 4 nitrogen and oxygen atoms in total. The van der Waals surface area contributed by atoms with Crippen molar-refractivity contribution in [2.24, 2.45) is 5.73 Å². The molecule has 0 saturated heterocycles. The summed E-state index contributed by atoms with van der Waals surface area (Å²) in [4.78, 5) is 14.1. The number of nitrogens with one attached hydrogen (secondary N) is 1. The highest BCUT2D eigenvalue weighted by molar-refractivity contribution is 5.87. The monoisotopic (exact) mass is 260 g/mol. The lowest BCUT2D eigenvalue weighted by molar-refractivity contribution is -0.138. The molecule has 0 fully saturated rings. The summed E-state index contributed by atoms with van der Waals surface area (Å²) in [5, 5.41) is 9.98. The minimum Gasteiger partial charge on any atom is -0.480 e. The number of aromatic nitrogens is 1. The summed E-state index contributed by atoms with van der Waals surface area (Å²) in [6.07, 6.45) is 5.59. The van der Waals surface area contributed by atoms with E-state index in [1.54, 1.807) is 0 Å². The van der Waals surface area contributed by atoms with E-state index in [2.05, 4.69) is 18.0 Å². The molecule has 4 heteroatoms. The lowest BCUT2D eigenvalue weighted by Gasteiger charge is -2.06. The summed E-state index contributed by atoms with van der Waals surface area (Å²) in [5.74, 6) is -0.962. The number of carbonyl (C=O) groups is 1. The first-order valence-corrected chi connectivity index (χ1v) is 6.69. The van der Waals surface area contributed by atoms with Crippen molar-refractivity contribution in [3.63, 3.8) is 0 Å². The maximum Gasteiger partial charge on any atom is 0.320 e. The van der Waals surface area contributed by atoms with Crippen LogP contribution in [0.2, 0.25) is 0 Å². The van der Waals surface area contributed by atoms with Crippen LogP contribution in [-0.4, -0.2) is 22.1 Å². The normalized spacial score (nSPS) is 12.7. The number of carboxylic acids is 1. The molecular weight excluding hydrogens is 240 g/mol. The van der Waals surface area contributed by atoms with Gasteiger partial charge < -0.3 is 15.8 Å². The van der Waals surface area contributed by atoms with Crippen molar-refractivity contribution in [2.45, 2.75) is 38.6 Å². The Morgan fingerprint density at radius 1 is 1.42 bits per heavy atom. The Kier molecular flexibility index (Phi) is 4.22. The van der Waals surface area contributed by atoms with Crippen LogP contribution < -0.4 is 5.73 Å². The second kappa shape index (κ2) is 5.89. The maximum atomic E-state index is 10.8. The number of aromatic amines is 1. The summed E-state index contributed by atoms with van der Waals surface area (Å²) in [6, 6.07) is 5.32. The van der Waals surface area contributed by atoms with Crippen LogP contribution in [-0.2, 0) is 17.6 Å². The Balaban J connectivity index is 2.30. The molecule has 2 rings (SSSR count). The van der Waals surface area contributed by atoms with E-state index in [1.165, 1.54) is 5.56 Å². The smallest absolute Gasteiger partial charge is 0.320 e. The van der Waals surface area contributed by atoms with Gasteiger partial charge in [-0.1, -0.05) is 31.5 Å². The van der Waals surface area contributed by atoms with Gasteiger partial charge in [0.05, 0.1) is 0 Å². The zero-order valence-electron chi connectivity index (χ0n) is 11.1. The van der Waals surface area contributed by atoms with Gasteiger partial charge in [0.2, 0.25) is 0 Å². The summed E-state index contributed by atoms with van der Waals surface area (Å²) in [6.45, 7) is 2.17. The highest BCUT2D eigenvalue weighted by Gasteiger charge is 2.15. The average Bonchev–Trinajstić information content (AvgIpc) is 2.80. The van der Waals surface area contributed by atoms with Crippen molar-refractivity contribution in [2.75, 3.05) is 0 Å². The van der Waals surface area contributed by atoms with Gasteiger partial charge in [0.25, 0.3) is 0 Å². The highest BCUT2D eigenvalue weighted by Crippen LogP contribution is 2.23. The van der Waals surface area contributed by atoms with Crippen LogP contribution in [0.25, 0.3) is 10.9 Å². The predicted molar refractivity (Wildman–Crippen MR) is 76.2 cm³/mol. The lowest BCUT2D eigenvalue weighted by atomic mass is 10.0. The molecule has 0 amide bonds. The van der Waals surface area contributed by atoms with E-state index in [-0.39, 0.29) is 0 Å². The Labute approximate surface area is 112 Å². The zero-order valence-corrected chi connectivity index (χ0v) is 11.1. The number of hydrogen-bond acceptors (Lipinski definition) is 2. The summed E-state index contributed by atoms with van der Waals surface area (Å²) in [5.41, 5.74) is 8.98. The summed E-state index contributed by atoms with van der Waals surface area (Å²) >= 11 is 0. The van der Waals surface area contributed by atoms with Gasteiger partial charge in [0.1, 0.15) is 6.04 Å². The number of benzene rings is 1. The van der Waals surface area contributed by atoms with Crippen LogP contribution in [0.3, 0.4) is 0 Å². The molecule has 0 aliphatic rings. The maximum absolute atomic E-state index is 10.8. The Bertz CT molecular complexity index is 575. The van der Waals surface area contributed by atoms with Crippen LogP contribution in [0.5, 0.6) is 0 Å². The SMILES string of the molecule is CCCCc1cccc2c(C[C@H](N)C(=O)O)c[nH]c12. The molecule has 1 aromatic heterocycles. The largest absolute Gasteiger partial charge is 0.480 e. The number of nitrogens with two attached hydrogens (primary N) is 1. The number of unbranched alkanes of at least 4 members (excludes halogenated alkanes) is 1. The van der Waals surface area contributed by atoms with Gasteiger partial charge in [-0.2, -0.15) is 0 Å². The summed E-state index contributed by atoms with van der Waals surface area (Å²) in [7, 11) is 0. The number of fused-ring (bicyclic) bond motifs is 1. The minimum absolute atomic E-state index is 0.354. The van der Waals surface area contributed by atoms with Gasteiger partial charge >= 0.3 is 5.97 Å². The fourth-order valence-electron chi connectivity index (χ4n) is 2.34. The van der Waals surface area contributed by atoms with E-state index >= 15 is 0 Å². The van der Waals surface area contributed by atoms with Crippen LogP contribution >= 0.6 is 0 Å². The first-order chi connectivity index (χ1) is 9.13. The molecular formula is C15H20N2O2. The van der Waals surface area contributed by atoms with E-state index in [4.69, 9.17) is 10.8 Å². The third-order valence-electron chi connectivity index (χ3n) is 3.44. The van der Waals surface area contributed by atoms with Crippen LogP contribution in [0.4, 0.5) is 0 Å². The van der Waals surface area contributed by atoms with Gasteiger partial charge in [-0.3, -0.25) is 4.79 Å². The number of aliphatic carboxylic acids is 1. The third kappa shape index (κ3) is 2.96. The van der Waals surface area contributed by atoms with E-state index in [0.717, 1.165) is 35.7 Å². The van der Waals surface area contributed by atoms with Crippen LogP contribution in [0.1, 0.15) is 30.9 Å². The first-order valence-electron chi connectivity index (χ1n) is 6.69. The molecule has 0 bridgehead atoms. The molecule has 1 heterocycles. The van der Waals surface area contributed by atoms with Crippen molar-refractivity contribution >= 4 is 16.9 Å². The standard InChI is InChI=1S/C15H20N2O2/c1-2-3-5-10-6-4-7-12-11(9-17-14(10)12)8-13(16)15(18)19/h4,6-7,9,13,17H,2-3,5,8,16H2,1H3,(H,18,19)/t13-/m0/s1. The van der Waals surface area contributed by atoms with Gasteiger partial charge in [-0.05, 0) is 24.0 Å². The van der Waals surface area contributed by atoms with Gasteiger partial charge in [0, 0.05) is 23.5 Å². The molecule has 1 aromatic carbocycles. The fourth-order valence-corrected chi connectivity index (χ4v) is 2.34. The molecule has 2 aromatic rings. The molecule has 102 valence electrons. The Morgan fingerprint density at radius 3 is 2.89 bits per heavy atom. The molecule has 0 radical (unpaired) electrons. The molecule has 1 atom stereocenters. The van der Waals surface area contributed by atoms with E-state index in [9.17, 15) is 4.79 Å². The number of rotatable bonds is 6. The number of hydrogen-bond donors (Lipinski definition) is 3. The van der Waals surface area contributed by atoms with E-state index in [0.29, 0.717) is 6.42 Å². The molecule has 0 aliphatic heterocycles. The molecule has 0 aliphatic carbocycles. The van der Waals surface area contributed by atoms with Gasteiger partial charge in [0.15, 0.2) is 0 Å². The van der Waals surface area contributed by atoms with Crippen molar-refractivity contribution in [1.29, 1.82) is 0 Å². The molecule has 0 saturated carbocycles. The number of para-hydroxylation sites is 1. The molecule has 0 spiro atoms. The number of carboxylic acid groups (broad SMARTS) is 1. The van der Waals surface area contributed by atoms with Crippen molar-refractivity contribution < 1.29 is 9.90 Å². The molecule has 4 N–H and O–H groups in total. The van der Waals surface area contributed by atoms with Gasteiger partial charge in [-0.15, -0.1) is 0 Å². The topological polar surface area (TPSA) is 79.1 Å². The van der Waals surface area contributed by atoms with Crippen LogP contribution in [0.15, 0.2) is 24.4 Å². The average molecular weight is 260 g/mol. The minimum atomic E-state index is -0.962. The Hall–Kier alpha value is -1.81. The molecule has 0 unspecified atom stereocenters. The van der Waals surface area contributed by atoms with Gasteiger partial charge in [-0.25, -0.2) is 0 Å². The Morgan fingerprint density at radius 2 is 2.21 bits per heavy atom. The lowest BCUT2D eigenvalue weighted by Crippen LogP contribution is -2.32. The highest BCUT2D eigenvalue weighted by atomic mass is 16.4. The molecule has 19 heavy (non-hydrogen) atoms. The second-order valence-corrected chi connectivity index (χ2v) is 4.91. The van der Waals surface area contributed by atoms with E-state index < -0.39 is 12.0 Å². The predicted octanol–water partition coefficient (Wildman–Crippen LogP) is 2.46. The van der Waals surface area contributed by atoms with Crippen molar-refractivity contribution in [3.05, 3.63) is 35.5 Å². The number of aryl methyl sites for hydroxylation is 1. The fraction of sp³-hybridized carbons (Fsp3) is 0.400. The second-order valence-electron chi connectivity index (χ2n) is 4.91. The van der Waals surface area contributed by atoms with E-state index in [1.807, 2.05) is 18.3 Å². The first kappa shape index (κ1) is 13.6. The quantitative estimate of drug-likeness (QED) is 0.746. The van der Waals surface area contributed by atoms with Crippen LogP contribution in [0, 0.1) is 0 Å². The zero-order chi connectivity index (χ0) is 13.8. The number of H-pyrrole nitrogens is 1. The van der Waals surface area contributed by atoms with Crippen molar-refractivity contribution in [1.82, 2.24) is 4.98 Å². The van der Waals surface area contributed by atoms with Crippen molar-refractivity contribution in [3.8, 4) is 0 Å². The summed E-state index contributed by atoms with van der Waals surface area (Å²) < 4.78 is 0. The third-order valence-corrected chi connectivity index (χ3v) is 3.44.